The summed E-state index contributed by atoms with van der Waals surface area (Å²) in [7, 11) is 1.90. The summed E-state index contributed by atoms with van der Waals surface area (Å²) in [6, 6.07) is 2.43. The highest BCUT2D eigenvalue weighted by Gasteiger charge is 2.31. The molecule has 1 aromatic rings. The molecule has 0 fully saturated rings. The van der Waals surface area contributed by atoms with Crippen molar-refractivity contribution in [3.63, 3.8) is 0 Å². The van der Waals surface area contributed by atoms with Gasteiger partial charge in [0.2, 0.25) is 0 Å². The molecule has 80 valence electrons. The third-order valence-electron chi connectivity index (χ3n) is 3.81. The number of fused-ring (bicyclic) bond motifs is 3. The predicted octanol–water partition coefficient (Wildman–Crippen LogP) is 1.45. The lowest BCUT2D eigenvalue weighted by molar-refractivity contribution is 0.0673. The molecule has 0 aromatic carbocycles. The average molecular weight is 204 g/mol. The Morgan fingerprint density at radius 3 is 3.00 bits per heavy atom. The van der Waals surface area contributed by atoms with E-state index in [1.54, 1.807) is 0 Å². The molecule has 0 radical (unpaired) electrons. The van der Waals surface area contributed by atoms with E-state index in [9.17, 15) is 4.79 Å². The van der Waals surface area contributed by atoms with Crippen LogP contribution in [0.2, 0.25) is 0 Å². The minimum Gasteiger partial charge on any atom is -0.338 e. The van der Waals surface area contributed by atoms with Gasteiger partial charge in [-0.05, 0) is 37.8 Å². The van der Waals surface area contributed by atoms with Gasteiger partial charge in [0.1, 0.15) is 5.69 Å². The maximum Gasteiger partial charge on any atom is 0.270 e. The fourth-order valence-electron chi connectivity index (χ4n) is 2.76. The van der Waals surface area contributed by atoms with Crippen molar-refractivity contribution >= 4 is 5.91 Å². The van der Waals surface area contributed by atoms with Crippen molar-refractivity contribution in [2.24, 2.45) is 0 Å². The van der Waals surface area contributed by atoms with E-state index < -0.39 is 0 Å². The monoisotopic (exact) mass is 204 g/mol. The third-order valence-corrected chi connectivity index (χ3v) is 3.81. The normalized spacial score (nSPS) is 24.3. The summed E-state index contributed by atoms with van der Waals surface area (Å²) in [5.41, 5.74) is 3.72. The van der Waals surface area contributed by atoms with E-state index in [0.717, 1.165) is 25.1 Å². The molecular weight excluding hydrogens is 188 g/mol. The molecule has 1 aromatic heterocycles. The van der Waals surface area contributed by atoms with Gasteiger partial charge in [-0.25, -0.2) is 0 Å². The summed E-state index contributed by atoms with van der Waals surface area (Å²) in [5.74, 6) is 0.183. The van der Waals surface area contributed by atoms with Gasteiger partial charge >= 0.3 is 0 Å². The molecule has 1 aliphatic heterocycles. The lowest BCUT2D eigenvalue weighted by atomic mass is 10.2. The minimum absolute atomic E-state index is 0.183. The standard InChI is InChI=1S/C12H16N2O/c1-8-7-14-10-5-3-4-9(10)6-11(14)12(15)13(8)2/h6,8H,3-5,7H2,1-2H3. The highest BCUT2D eigenvalue weighted by atomic mass is 16.2. The van der Waals surface area contributed by atoms with Crippen LogP contribution < -0.4 is 0 Å². The van der Waals surface area contributed by atoms with Crippen LogP contribution in [0.25, 0.3) is 0 Å². The summed E-state index contributed by atoms with van der Waals surface area (Å²) in [5, 5.41) is 0. The third kappa shape index (κ3) is 1.09. The van der Waals surface area contributed by atoms with Crippen LogP contribution in [-0.4, -0.2) is 28.5 Å². The maximum atomic E-state index is 12.0. The fraction of sp³-hybridized carbons (Fsp3) is 0.583. The number of hydrogen-bond donors (Lipinski definition) is 0. The Kier molecular flexibility index (Phi) is 1.73. The van der Waals surface area contributed by atoms with Crippen LogP contribution in [0.1, 0.15) is 35.1 Å². The van der Waals surface area contributed by atoms with Gasteiger partial charge in [-0.15, -0.1) is 0 Å². The summed E-state index contributed by atoms with van der Waals surface area (Å²) in [6.45, 7) is 3.08. The Morgan fingerprint density at radius 1 is 1.40 bits per heavy atom. The first-order valence-corrected chi connectivity index (χ1v) is 5.67. The van der Waals surface area contributed by atoms with Crippen LogP contribution in [-0.2, 0) is 19.4 Å². The zero-order valence-corrected chi connectivity index (χ0v) is 9.29. The van der Waals surface area contributed by atoms with Gasteiger partial charge in [-0.1, -0.05) is 0 Å². The number of amides is 1. The smallest absolute Gasteiger partial charge is 0.270 e. The van der Waals surface area contributed by atoms with Crippen LogP contribution in [0.15, 0.2) is 6.07 Å². The number of likely N-dealkylation sites (N-methyl/N-ethyl adjacent to an activating group) is 1. The van der Waals surface area contributed by atoms with Gasteiger partial charge in [-0.3, -0.25) is 4.79 Å². The predicted molar refractivity (Wildman–Crippen MR) is 58.0 cm³/mol. The molecule has 1 atom stereocenters. The van der Waals surface area contributed by atoms with Crippen molar-refractivity contribution in [1.29, 1.82) is 0 Å². The Labute approximate surface area is 89.7 Å². The molecule has 2 aliphatic rings. The van der Waals surface area contributed by atoms with Crippen molar-refractivity contribution in [3.8, 4) is 0 Å². The Hall–Kier alpha value is -1.25. The molecule has 0 saturated carbocycles. The molecule has 0 N–H and O–H groups in total. The topological polar surface area (TPSA) is 25.2 Å². The van der Waals surface area contributed by atoms with E-state index in [1.807, 2.05) is 11.9 Å². The highest BCUT2D eigenvalue weighted by molar-refractivity contribution is 5.94. The SMILES string of the molecule is CC1Cn2c(cc3c2CCC3)C(=O)N1C. The van der Waals surface area contributed by atoms with Gasteiger partial charge in [0, 0.05) is 25.3 Å². The first-order valence-electron chi connectivity index (χ1n) is 5.67. The van der Waals surface area contributed by atoms with E-state index in [2.05, 4.69) is 17.6 Å². The molecule has 3 nitrogen and oxygen atoms in total. The zero-order valence-electron chi connectivity index (χ0n) is 9.29. The van der Waals surface area contributed by atoms with Crippen LogP contribution in [0.5, 0.6) is 0 Å². The second-order valence-corrected chi connectivity index (χ2v) is 4.73. The number of carbonyl (C=O) groups is 1. The van der Waals surface area contributed by atoms with E-state index in [1.165, 1.54) is 17.7 Å². The lowest BCUT2D eigenvalue weighted by Crippen LogP contribution is -2.44. The Balaban J connectivity index is 2.14. The number of aromatic nitrogens is 1. The zero-order chi connectivity index (χ0) is 10.6. The van der Waals surface area contributed by atoms with Crippen LogP contribution >= 0.6 is 0 Å². The van der Waals surface area contributed by atoms with E-state index in [4.69, 9.17) is 0 Å². The molecule has 3 heteroatoms. The van der Waals surface area contributed by atoms with E-state index in [0.29, 0.717) is 6.04 Å². The highest BCUT2D eigenvalue weighted by Crippen LogP contribution is 2.29. The molecule has 0 saturated heterocycles. The molecule has 15 heavy (non-hydrogen) atoms. The molecule has 1 amide bonds. The van der Waals surface area contributed by atoms with Gasteiger partial charge in [0.05, 0.1) is 0 Å². The number of hydrogen-bond acceptors (Lipinski definition) is 1. The summed E-state index contributed by atoms with van der Waals surface area (Å²) < 4.78 is 2.25. The van der Waals surface area contributed by atoms with Crippen LogP contribution in [0.4, 0.5) is 0 Å². The second kappa shape index (κ2) is 2.87. The number of nitrogens with zero attached hydrogens (tertiary/aromatic N) is 2. The molecule has 1 unspecified atom stereocenters. The van der Waals surface area contributed by atoms with Crippen molar-refractivity contribution < 1.29 is 4.79 Å². The fourth-order valence-corrected chi connectivity index (χ4v) is 2.76. The van der Waals surface area contributed by atoms with Gasteiger partial charge in [-0.2, -0.15) is 0 Å². The largest absolute Gasteiger partial charge is 0.338 e. The average Bonchev–Trinajstić information content (AvgIpc) is 2.76. The molecule has 1 aliphatic carbocycles. The van der Waals surface area contributed by atoms with Crippen molar-refractivity contribution in [1.82, 2.24) is 9.47 Å². The molecule has 2 heterocycles. The minimum atomic E-state index is 0.183. The molecule has 3 rings (SSSR count). The quantitative estimate of drug-likeness (QED) is 0.628. The van der Waals surface area contributed by atoms with Crippen molar-refractivity contribution in [2.75, 3.05) is 7.05 Å². The Bertz CT molecular complexity index is 433. The van der Waals surface area contributed by atoms with Gasteiger partial charge < -0.3 is 9.47 Å². The second-order valence-electron chi connectivity index (χ2n) is 4.73. The van der Waals surface area contributed by atoms with Gasteiger partial charge in [0.25, 0.3) is 5.91 Å². The maximum absolute atomic E-state index is 12.0. The first kappa shape index (κ1) is 9.01. The Morgan fingerprint density at radius 2 is 2.20 bits per heavy atom. The van der Waals surface area contributed by atoms with Crippen molar-refractivity contribution in [3.05, 3.63) is 23.0 Å². The molecular formula is C12H16N2O. The van der Waals surface area contributed by atoms with Crippen LogP contribution in [0, 0.1) is 0 Å². The van der Waals surface area contributed by atoms with Crippen LogP contribution in [0.3, 0.4) is 0 Å². The number of rotatable bonds is 0. The molecule has 0 bridgehead atoms. The summed E-state index contributed by atoms with van der Waals surface area (Å²) in [6.07, 6.45) is 3.56. The van der Waals surface area contributed by atoms with Gasteiger partial charge in [0.15, 0.2) is 0 Å². The summed E-state index contributed by atoms with van der Waals surface area (Å²) >= 11 is 0. The summed E-state index contributed by atoms with van der Waals surface area (Å²) in [4.78, 5) is 13.9. The lowest BCUT2D eigenvalue weighted by Gasteiger charge is -2.32. The molecule has 0 spiro atoms. The first-order chi connectivity index (χ1) is 7.18. The van der Waals surface area contributed by atoms with E-state index >= 15 is 0 Å². The number of carbonyl (C=O) groups excluding carboxylic acids is 1. The van der Waals surface area contributed by atoms with E-state index in [-0.39, 0.29) is 5.91 Å². The number of aryl methyl sites for hydroxylation is 1. The van der Waals surface area contributed by atoms with Crippen molar-refractivity contribution in [2.45, 2.75) is 38.8 Å².